The monoisotopic (exact) mass is 256 g/mol. The Morgan fingerprint density at radius 1 is 1.21 bits per heavy atom. The molecule has 0 radical (unpaired) electrons. The van der Waals surface area contributed by atoms with Crippen molar-refractivity contribution in [3.05, 3.63) is 59.7 Å². The summed E-state index contributed by atoms with van der Waals surface area (Å²) >= 11 is 0. The molecule has 1 amide bonds. The molecule has 0 spiro atoms. The number of nitrogen functional groups attached to an aromatic ring is 1. The molecule has 0 aromatic heterocycles. The number of aliphatic hydroxyl groups excluding tert-OH is 1. The lowest BCUT2D eigenvalue weighted by atomic mass is 10.1. The van der Waals surface area contributed by atoms with E-state index < -0.39 is 6.10 Å². The molecule has 2 aromatic rings. The quantitative estimate of drug-likeness (QED) is 0.739. The van der Waals surface area contributed by atoms with Crippen LogP contribution in [0.2, 0.25) is 0 Å². The standard InChI is InChI=1S/C15H16N2O2/c1-10(18)11-5-7-14(8-6-11)17-15(19)12-3-2-4-13(16)9-12/h2-10,18H,16H2,1H3,(H,17,19)/t10-/m1/s1. The van der Waals surface area contributed by atoms with Crippen LogP contribution in [0.1, 0.15) is 28.9 Å². The average molecular weight is 256 g/mol. The summed E-state index contributed by atoms with van der Waals surface area (Å²) in [5, 5.41) is 12.2. The van der Waals surface area contributed by atoms with Gasteiger partial charge in [0.25, 0.3) is 5.91 Å². The van der Waals surface area contributed by atoms with Gasteiger partial charge in [0.2, 0.25) is 0 Å². The number of carbonyl (C=O) groups is 1. The van der Waals surface area contributed by atoms with Crippen molar-refractivity contribution in [2.45, 2.75) is 13.0 Å². The predicted octanol–water partition coefficient (Wildman–Crippen LogP) is 2.57. The van der Waals surface area contributed by atoms with Gasteiger partial charge in [0, 0.05) is 16.9 Å². The Morgan fingerprint density at radius 2 is 1.89 bits per heavy atom. The zero-order valence-electron chi connectivity index (χ0n) is 10.6. The third kappa shape index (κ3) is 3.33. The lowest BCUT2D eigenvalue weighted by Gasteiger charge is -2.08. The summed E-state index contributed by atoms with van der Waals surface area (Å²) < 4.78 is 0. The second-order valence-corrected chi connectivity index (χ2v) is 4.38. The van der Waals surface area contributed by atoms with Gasteiger partial charge in [0.15, 0.2) is 0 Å². The number of carbonyl (C=O) groups excluding carboxylic acids is 1. The third-order valence-electron chi connectivity index (χ3n) is 2.80. The Kier molecular flexibility index (Phi) is 3.82. The highest BCUT2D eigenvalue weighted by molar-refractivity contribution is 6.04. The summed E-state index contributed by atoms with van der Waals surface area (Å²) in [6, 6.07) is 13.9. The lowest BCUT2D eigenvalue weighted by molar-refractivity contribution is 0.102. The minimum absolute atomic E-state index is 0.211. The summed E-state index contributed by atoms with van der Waals surface area (Å²) in [6.45, 7) is 1.69. The molecule has 19 heavy (non-hydrogen) atoms. The van der Waals surface area contributed by atoms with E-state index in [2.05, 4.69) is 5.32 Å². The van der Waals surface area contributed by atoms with Crippen molar-refractivity contribution in [2.24, 2.45) is 0 Å². The average Bonchev–Trinajstić information content (AvgIpc) is 2.39. The fourth-order valence-corrected chi connectivity index (χ4v) is 1.73. The van der Waals surface area contributed by atoms with Gasteiger partial charge in [-0.3, -0.25) is 4.79 Å². The SMILES string of the molecule is C[C@@H](O)c1ccc(NC(=O)c2cccc(N)c2)cc1. The van der Waals surface area contributed by atoms with Crippen LogP contribution >= 0.6 is 0 Å². The van der Waals surface area contributed by atoms with Crippen molar-refractivity contribution in [2.75, 3.05) is 11.1 Å². The number of amides is 1. The topological polar surface area (TPSA) is 75.3 Å². The lowest BCUT2D eigenvalue weighted by Crippen LogP contribution is -2.12. The maximum Gasteiger partial charge on any atom is 0.255 e. The van der Waals surface area contributed by atoms with Gasteiger partial charge in [-0.05, 0) is 42.8 Å². The number of rotatable bonds is 3. The van der Waals surface area contributed by atoms with E-state index in [0.29, 0.717) is 16.9 Å². The van der Waals surface area contributed by atoms with Gasteiger partial charge in [-0.1, -0.05) is 18.2 Å². The molecule has 1 atom stereocenters. The fraction of sp³-hybridized carbons (Fsp3) is 0.133. The Balaban J connectivity index is 2.10. The van der Waals surface area contributed by atoms with E-state index in [1.165, 1.54) is 0 Å². The molecule has 0 unspecified atom stereocenters. The molecule has 4 N–H and O–H groups in total. The van der Waals surface area contributed by atoms with Gasteiger partial charge >= 0.3 is 0 Å². The molecule has 4 heteroatoms. The van der Waals surface area contributed by atoms with Crippen LogP contribution in [-0.4, -0.2) is 11.0 Å². The number of benzene rings is 2. The fourth-order valence-electron chi connectivity index (χ4n) is 1.73. The van der Waals surface area contributed by atoms with E-state index >= 15 is 0 Å². The van der Waals surface area contributed by atoms with Crippen molar-refractivity contribution in [3.63, 3.8) is 0 Å². The Hall–Kier alpha value is -2.33. The first kappa shape index (κ1) is 13.1. The van der Waals surface area contributed by atoms with Crippen LogP contribution in [0.3, 0.4) is 0 Å². The molecule has 0 aliphatic carbocycles. The van der Waals surface area contributed by atoms with Crippen molar-refractivity contribution in [3.8, 4) is 0 Å². The van der Waals surface area contributed by atoms with Crippen molar-refractivity contribution in [1.82, 2.24) is 0 Å². The van der Waals surface area contributed by atoms with Gasteiger partial charge in [-0.15, -0.1) is 0 Å². The Labute approximate surface area is 111 Å². The minimum atomic E-state index is -0.515. The summed E-state index contributed by atoms with van der Waals surface area (Å²) in [6.07, 6.45) is -0.515. The highest BCUT2D eigenvalue weighted by Crippen LogP contribution is 2.16. The normalized spacial score (nSPS) is 11.9. The molecule has 2 aromatic carbocycles. The molecule has 0 saturated heterocycles. The van der Waals surface area contributed by atoms with Crippen molar-refractivity contribution in [1.29, 1.82) is 0 Å². The number of aliphatic hydroxyl groups is 1. The van der Waals surface area contributed by atoms with Crippen LogP contribution in [0.5, 0.6) is 0 Å². The zero-order valence-corrected chi connectivity index (χ0v) is 10.6. The largest absolute Gasteiger partial charge is 0.399 e. The van der Waals surface area contributed by atoms with Crippen LogP contribution < -0.4 is 11.1 Å². The highest BCUT2D eigenvalue weighted by atomic mass is 16.3. The van der Waals surface area contributed by atoms with Crippen LogP contribution in [0.15, 0.2) is 48.5 Å². The van der Waals surface area contributed by atoms with Gasteiger partial charge in [0.05, 0.1) is 6.10 Å². The Morgan fingerprint density at radius 3 is 2.47 bits per heavy atom. The first-order valence-electron chi connectivity index (χ1n) is 6.01. The maximum atomic E-state index is 12.0. The maximum absolute atomic E-state index is 12.0. The summed E-state index contributed by atoms with van der Waals surface area (Å²) in [5.74, 6) is -0.211. The van der Waals surface area contributed by atoms with E-state index in [0.717, 1.165) is 5.56 Å². The molecular formula is C15H16N2O2. The van der Waals surface area contributed by atoms with E-state index in [4.69, 9.17) is 5.73 Å². The molecule has 2 rings (SSSR count). The summed E-state index contributed by atoms with van der Waals surface area (Å²) in [7, 11) is 0. The minimum Gasteiger partial charge on any atom is -0.399 e. The molecule has 0 fully saturated rings. The first-order valence-corrected chi connectivity index (χ1v) is 6.01. The second-order valence-electron chi connectivity index (χ2n) is 4.38. The van der Waals surface area contributed by atoms with Crippen LogP contribution in [-0.2, 0) is 0 Å². The summed E-state index contributed by atoms with van der Waals surface area (Å²) in [5.41, 5.74) is 8.19. The first-order chi connectivity index (χ1) is 9.06. The molecule has 98 valence electrons. The summed E-state index contributed by atoms with van der Waals surface area (Å²) in [4.78, 5) is 12.0. The Bertz CT molecular complexity index is 577. The van der Waals surface area contributed by atoms with Crippen LogP contribution in [0, 0.1) is 0 Å². The van der Waals surface area contributed by atoms with Gasteiger partial charge < -0.3 is 16.2 Å². The molecular weight excluding hydrogens is 240 g/mol. The van der Waals surface area contributed by atoms with Gasteiger partial charge in [0.1, 0.15) is 0 Å². The number of hydrogen-bond acceptors (Lipinski definition) is 3. The second kappa shape index (κ2) is 5.54. The molecule has 0 aliphatic rings. The number of anilines is 2. The van der Waals surface area contributed by atoms with Crippen LogP contribution in [0.4, 0.5) is 11.4 Å². The molecule has 0 bridgehead atoms. The predicted molar refractivity (Wildman–Crippen MR) is 75.9 cm³/mol. The van der Waals surface area contributed by atoms with E-state index in [9.17, 15) is 9.90 Å². The third-order valence-corrected chi connectivity index (χ3v) is 2.80. The van der Waals surface area contributed by atoms with Crippen molar-refractivity contribution < 1.29 is 9.90 Å². The highest BCUT2D eigenvalue weighted by Gasteiger charge is 2.06. The molecule has 0 aliphatic heterocycles. The van der Waals surface area contributed by atoms with Gasteiger partial charge in [-0.2, -0.15) is 0 Å². The number of hydrogen-bond donors (Lipinski definition) is 3. The number of nitrogens with one attached hydrogen (secondary N) is 1. The molecule has 0 heterocycles. The van der Waals surface area contributed by atoms with E-state index in [1.807, 2.05) is 0 Å². The van der Waals surface area contributed by atoms with Gasteiger partial charge in [-0.25, -0.2) is 0 Å². The molecule has 0 saturated carbocycles. The van der Waals surface area contributed by atoms with Crippen LogP contribution in [0.25, 0.3) is 0 Å². The zero-order chi connectivity index (χ0) is 13.8. The number of nitrogens with two attached hydrogens (primary N) is 1. The van der Waals surface area contributed by atoms with E-state index in [1.54, 1.807) is 55.5 Å². The van der Waals surface area contributed by atoms with E-state index in [-0.39, 0.29) is 5.91 Å². The smallest absolute Gasteiger partial charge is 0.255 e. The molecule has 4 nitrogen and oxygen atoms in total. The van der Waals surface area contributed by atoms with Crippen molar-refractivity contribution >= 4 is 17.3 Å².